The van der Waals surface area contributed by atoms with E-state index >= 15 is 0 Å². The summed E-state index contributed by atoms with van der Waals surface area (Å²) in [6.07, 6.45) is 2.93. The summed E-state index contributed by atoms with van der Waals surface area (Å²) in [5.74, 6) is 0.330. The van der Waals surface area contributed by atoms with Crippen molar-refractivity contribution >= 4 is 6.29 Å². The van der Waals surface area contributed by atoms with Crippen LogP contribution < -0.4 is 16.0 Å². The van der Waals surface area contributed by atoms with E-state index < -0.39 is 0 Å². The largest absolute Gasteiger partial charge is 0.372 e. The highest BCUT2D eigenvalue weighted by atomic mass is 16.5. The van der Waals surface area contributed by atoms with Gasteiger partial charge in [0.05, 0.1) is 18.2 Å². The molecule has 0 amide bonds. The van der Waals surface area contributed by atoms with Crippen molar-refractivity contribution < 1.29 is 9.53 Å². The zero-order valence-electron chi connectivity index (χ0n) is 12.5. The minimum atomic E-state index is -0.0985. The molecule has 0 bridgehead atoms. The Hall–Kier alpha value is -0.490. The maximum absolute atomic E-state index is 11.0. The first-order chi connectivity index (χ1) is 9.13. The van der Waals surface area contributed by atoms with Crippen molar-refractivity contribution in [3.63, 3.8) is 0 Å². The number of hydrogen-bond acceptors (Lipinski definition) is 5. The van der Waals surface area contributed by atoms with E-state index in [-0.39, 0.29) is 11.6 Å². The molecule has 0 saturated carbocycles. The number of carbonyl (C=O) groups is 1. The van der Waals surface area contributed by atoms with E-state index in [0.717, 1.165) is 51.9 Å². The van der Waals surface area contributed by atoms with Gasteiger partial charge in [0.15, 0.2) is 0 Å². The van der Waals surface area contributed by atoms with Crippen LogP contribution in [-0.2, 0) is 9.53 Å². The standard InChI is InChI=1S/C14H29N3O2/c1-12(2)13(10-18)17-7-5-14(4-6-15-3)11-16-8-9-19-14/h10,12-13,15-17H,4-9,11H2,1-3H3. The summed E-state index contributed by atoms with van der Waals surface area (Å²) in [7, 11) is 1.96. The number of aldehydes is 1. The molecule has 19 heavy (non-hydrogen) atoms. The first kappa shape index (κ1) is 16.6. The summed E-state index contributed by atoms with van der Waals surface area (Å²) < 4.78 is 6.01. The average Bonchev–Trinajstić information content (AvgIpc) is 2.42. The van der Waals surface area contributed by atoms with Crippen LogP contribution in [0.3, 0.4) is 0 Å². The fourth-order valence-electron chi connectivity index (χ4n) is 2.41. The van der Waals surface area contributed by atoms with Crippen LogP contribution in [0.25, 0.3) is 0 Å². The van der Waals surface area contributed by atoms with Gasteiger partial charge in [0, 0.05) is 13.1 Å². The number of ether oxygens (including phenoxy) is 1. The first-order valence-corrected chi connectivity index (χ1v) is 7.31. The summed E-state index contributed by atoms with van der Waals surface area (Å²) in [5, 5.41) is 9.91. The lowest BCUT2D eigenvalue weighted by Gasteiger charge is -2.38. The van der Waals surface area contributed by atoms with Gasteiger partial charge in [0.2, 0.25) is 0 Å². The molecule has 0 radical (unpaired) electrons. The minimum absolute atomic E-state index is 0.0575. The number of nitrogens with one attached hydrogen (secondary N) is 3. The predicted octanol–water partition coefficient (Wildman–Crippen LogP) is 0.158. The fourth-order valence-corrected chi connectivity index (χ4v) is 2.41. The van der Waals surface area contributed by atoms with Crippen LogP contribution in [0.5, 0.6) is 0 Å². The summed E-state index contributed by atoms with van der Waals surface area (Å²) in [5.41, 5.74) is -0.0985. The molecule has 5 nitrogen and oxygen atoms in total. The lowest BCUT2D eigenvalue weighted by molar-refractivity contribution is -0.110. The molecule has 2 atom stereocenters. The summed E-state index contributed by atoms with van der Waals surface area (Å²) in [6, 6.07) is -0.0575. The van der Waals surface area contributed by atoms with Gasteiger partial charge in [0.25, 0.3) is 0 Å². The molecule has 112 valence electrons. The number of rotatable bonds is 9. The van der Waals surface area contributed by atoms with Crippen LogP contribution in [-0.4, -0.2) is 57.8 Å². The van der Waals surface area contributed by atoms with E-state index in [9.17, 15) is 4.79 Å². The monoisotopic (exact) mass is 271 g/mol. The quantitative estimate of drug-likeness (QED) is 0.521. The van der Waals surface area contributed by atoms with Crippen molar-refractivity contribution in [1.82, 2.24) is 16.0 Å². The Morgan fingerprint density at radius 1 is 1.37 bits per heavy atom. The molecule has 5 heteroatoms. The number of hydrogen-bond donors (Lipinski definition) is 3. The lowest BCUT2D eigenvalue weighted by Crippen LogP contribution is -2.52. The van der Waals surface area contributed by atoms with Crippen molar-refractivity contribution in [3.8, 4) is 0 Å². The Labute approximate surface area is 116 Å². The number of carbonyl (C=O) groups excluding carboxylic acids is 1. The van der Waals surface area contributed by atoms with Gasteiger partial charge in [0.1, 0.15) is 6.29 Å². The molecule has 1 saturated heterocycles. The average molecular weight is 271 g/mol. The van der Waals surface area contributed by atoms with E-state index in [0.29, 0.717) is 5.92 Å². The Balaban J connectivity index is 2.41. The summed E-state index contributed by atoms with van der Waals surface area (Å²) in [4.78, 5) is 11.0. The second-order valence-electron chi connectivity index (χ2n) is 5.67. The molecular formula is C14H29N3O2. The maximum atomic E-state index is 11.0. The Kier molecular flexibility index (Phi) is 7.53. The molecule has 0 aromatic carbocycles. The van der Waals surface area contributed by atoms with Crippen molar-refractivity contribution in [3.05, 3.63) is 0 Å². The third kappa shape index (κ3) is 5.57. The van der Waals surface area contributed by atoms with Crippen LogP contribution in [0.15, 0.2) is 0 Å². The highest BCUT2D eigenvalue weighted by Gasteiger charge is 2.32. The van der Waals surface area contributed by atoms with E-state index in [1.54, 1.807) is 0 Å². The third-order valence-corrected chi connectivity index (χ3v) is 3.79. The topological polar surface area (TPSA) is 62.4 Å². The highest BCUT2D eigenvalue weighted by molar-refractivity contribution is 5.57. The highest BCUT2D eigenvalue weighted by Crippen LogP contribution is 2.21. The van der Waals surface area contributed by atoms with Crippen molar-refractivity contribution in [2.45, 2.75) is 38.3 Å². The molecule has 0 aromatic heterocycles. The number of morpholine rings is 1. The first-order valence-electron chi connectivity index (χ1n) is 7.31. The Bertz CT molecular complexity index is 253. The maximum Gasteiger partial charge on any atom is 0.137 e. The minimum Gasteiger partial charge on any atom is -0.372 e. The zero-order chi connectivity index (χ0) is 14.1. The third-order valence-electron chi connectivity index (χ3n) is 3.79. The molecule has 2 unspecified atom stereocenters. The van der Waals surface area contributed by atoms with Gasteiger partial charge in [-0.25, -0.2) is 0 Å². The van der Waals surface area contributed by atoms with Crippen molar-refractivity contribution in [2.24, 2.45) is 5.92 Å². The molecule has 0 aliphatic carbocycles. The van der Waals surface area contributed by atoms with Crippen molar-refractivity contribution in [1.29, 1.82) is 0 Å². The van der Waals surface area contributed by atoms with Crippen molar-refractivity contribution in [2.75, 3.05) is 39.8 Å². The SMILES string of the molecule is CNCCC1(CCNC(C=O)C(C)C)CNCCO1. The molecule has 1 aliphatic heterocycles. The van der Waals surface area contributed by atoms with Gasteiger partial charge in [-0.1, -0.05) is 13.8 Å². The molecule has 1 aliphatic rings. The molecule has 1 rings (SSSR count). The second kappa shape index (κ2) is 8.64. The Morgan fingerprint density at radius 2 is 2.11 bits per heavy atom. The molecule has 3 N–H and O–H groups in total. The lowest BCUT2D eigenvalue weighted by atomic mass is 9.93. The smallest absolute Gasteiger partial charge is 0.137 e. The van der Waals surface area contributed by atoms with E-state index in [2.05, 4.69) is 29.8 Å². The summed E-state index contributed by atoms with van der Waals surface area (Å²) >= 11 is 0. The van der Waals surface area contributed by atoms with E-state index in [1.165, 1.54) is 0 Å². The predicted molar refractivity (Wildman–Crippen MR) is 77.4 cm³/mol. The second-order valence-corrected chi connectivity index (χ2v) is 5.67. The zero-order valence-corrected chi connectivity index (χ0v) is 12.5. The molecule has 0 spiro atoms. The van der Waals surface area contributed by atoms with E-state index in [1.807, 2.05) is 7.05 Å². The van der Waals surface area contributed by atoms with Gasteiger partial charge in [-0.05, 0) is 38.9 Å². The Morgan fingerprint density at radius 3 is 2.63 bits per heavy atom. The van der Waals surface area contributed by atoms with Crippen LogP contribution in [0.4, 0.5) is 0 Å². The molecule has 0 aromatic rings. The summed E-state index contributed by atoms with van der Waals surface area (Å²) in [6.45, 7) is 8.46. The van der Waals surface area contributed by atoms with Crippen LogP contribution in [0, 0.1) is 5.92 Å². The molecule has 1 heterocycles. The van der Waals surface area contributed by atoms with Gasteiger partial charge < -0.3 is 25.5 Å². The van der Waals surface area contributed by atoms with Gasteiger partial charge >= 0.3 is 0 Å². The van der Waals surface area contributed by atoms with Crippen LogP contribution in [0.2, 0.25) is 0 Å². The van der Waals surface area contributed by atoms with E-state index in [4.69, 9.17) is 4.74 Å². The molecule has 1 fully saturated rings. The van der Waals surface area contributed by atoms with Gasteiger partial charge in [-0.3, -0.25) is 0 Å². The fraction of sp³-hybridized carbons (Fsp3) is 0.929. The van der Waals surface area contributed by atoms with Crippen LogP contribution in [0.1, 0.15) is 26.7 Å². The van der Waals surface area contributed by atoms with Gasteiger partial charge in [-0.2, -0.15) is 0 Å². The normalized spacial score (nSPS) is 25.5. The van der Waals surface area contributed by atoms with Crippen LogP contribution >= 0.6 is 0 Å². The van der Waals surface area contributed by atoms with Gasteiger partial charge in [-0.15, -0.1) is 0 Å². The molecular weight excluding hydrogens is 242 g/mol.